The first-order valence-electron chi connectivity index (χ1n) is 8.58. The minimum Gasteiger partial charge on any atom is -0.497 e. The molecule has 1 fully saturated rings. The van der Waals surface area contributed by atoms with E-state index in [4.69, 9.17) is 19.9 Å². The Labute approximate surface area is 152 Å². The average Bonchev–Trinajstić information content (AvgIpc) is 2.70. The Bertz CT molecular complexity index is 713. The highest BCUT2D eigenvalue weighted by Gasteiger charge is 2.26. The number of rotatable bonds is 6. The number of methoxy groups -OCH3 is 1. The molecule has 3 N–H and O–H groups in total. The van der Waals surface area contributed by atoms with Crippen molar-refractivity contribution in [2.75, 3.05) is 25.6 Å². The van der Waals surface area contributed by atoms with Gasteiger partial charge in [-0.25, -0.2) is 4.98 Å². The lowest BCUT2D eigenvalue weighted by molar-refractivity contribution is -0.119. The fourth-order valence-corrected chi connectivity index (χ4v) is 2.79. The van der Waals surface area contributed by atoms with Crippen LogP contribution in [0.15, 0.2) is 42.6 Å². The molecule has 0 spiro atoms. The molecule has 0 radical (unpaired) electrons. The van der Waals surface area contributed by atoms with Gasteiger partial charge in [-0.15, -0.1) is 0 Å². The number of amides is 1. The summed E-state index contributed by atoms with van der Waals surface area (Å²) in [5.41, 5.74) is 6.66. The number of nitrogens with one attached hydrogen (secondary N) is 1. The van der Waals surface area contributed by atoms with E-state index in [1.54, 1.807) is 37.6 Å². The van der Waals surface area contributed by atoms with Gasteiger partial charge in [-0.3, -0.25) is 4.79 Å². The Hall–Kier alpha value is -2.64. The standard InChI is InChI=1S/C19H23N3O4/c1-24-15-3-5-16(6-4-15)26-17-7-2-14(12-21-17)22-19(23)18(20)13-8-10-25-11-9-13/h2-7,12-13,18H,8-11,20H2,1H3,(H,22,23). The lowest BCUT2D eigenvalue weighted by atomic mass is 9.92. The van der Waals surface area contributed by atoms with Crippen molar-refractivity contribution in [3.63, 3.8) is 0 Å². The molecule has 7 nitrogen and oxygen atoms in total. The van der Waals surface area contributed by atoms with Crippen LogP contribution in [0.4, 0.5) is 5.69 Å². The molecule has 1 atom stereocenters. The molecule has 1 unspecified atom stereocenters. The summed E-state index contributed by atoms with van der Waals surface area (Å²) in [5.74, 6) is 1.78. The van der Waals surface area contributed by atoms with Crippen LogP contribution in [-0.4, -0.2) is 37.3 Å². The maximum absolute atomic E-state index is 12.3. The van der Waals surface area contributed by atoms with Crippen molar-refractivity contribution in [1.29, 1.82) is 0 Å². The summed E-state index contributed by atoms with van der Waals surface area (Å²) >= 11 is 0. The van der Waals surface area contributed by atoms with Crippen molar-refractivity contribution in [3.05, 3.63) is 42.6 Å². The maximum atomic E-state index is 12.3. The molecular weight excluding hydrogens is 334 g/mol. The monoisotopic (exact) mass is 357 g/mol. The molecule has 1 saturated heterocycles. The van der Waals surface area contributed by atoms with E-state index < -0.39 is 6.04 Å². The zero-order chi connectivity index (χ0) is 18.4. The first kappa shape index (κ1) is 18.2. The second kappa shape index (κ2) is 8.64. The highest BCUT2D eigenvalue weighted by Crippen LogP contribution is 2.23. The molecule has 7 heteroatoms. The SMILES string of the molecule is COc1ccc(Oc2ccc(NC(=O)C(N)C3CCOCC3)cn2)cc1. The van der Waals surface area contributed by atoms with Crippen molar-refractivity contribution in [2.45, 2.75) is 18.9 Å². The van der Waals surface area contributed by atoms with Crippen molar-refractivity contribution in [1.82, 2.24) is 4.98 Å². The number of carbonyl (C=O) groups is 1. The topological polar surface area (TPSA) is 95.7 Å². The number of benzene rings is 1. The van der Waals surface area contributed by atoms with Crippen molar-refractivity contribution in [3.8, 4) is 17.4 Å². The summed E-state index contributed by atoms with van der Waals surface area (Å²) in [6.45, 7) is 1.31. The molecule has 1 amide bonds. The molecule has 1 aromatic carbocycles. The predicted octanol–water partition coefficient (Wildman–Crippen LogP) is 2.57. The summed E-state index contributed by atoms with van der Waals surface area (Å²) in [6.07, 6.45) is 3.16. The van der Waals surface area contributed by atoms with Gasteiger partial charge in [0, 0.05) is 19.3 Å². The number of pyridine rings is 1. The third kappa shape index (κ3) is 4.71. The molecule has 26 heavy (non-hydrogen) atoms. The number of nitrogens with zero attached hydrogens (tertiary/aromatic N) is 1. The number of aromatic nitrogens is 1. The molecule has 138 valence electrons. The Morgan fingerprint density at radius 2 is 1.88 bits per heavy atom. The number of hydrogen-bond donors (Lipinski definition) is 2. The van der Waals surface area contributed by atoms with Gasteiger partial charge in [0.1, 0.15) is 11.5 Å². The van der Waals surface area contributed by atoms with Crippen LogP contribution in [0.25, 0.3) is 0 Å². The molecule has 0 bridgehead atoms. The first-order chi connectivity index (χ1) is 12.7. The van der Waals surface area contributed by atoms with Gasteiger partial charge < -0.3 is 25.3 Å². The minimum atomic E-state index is -0.547. The molecule has 2 aromatic rings. The quantitative estimate of drug-likeness (QED) is 0.825. The smallest absolute Gasteiger partial charge is 0.241 e. The molecule has 1 aliphatic heterocycles. The van der Waals surface area contributed by atoms with Gasteiger partial charge in [-0.2, -0.15) is 0 Å². The molecule has 1 aliphatic rings. The number of hydrogen-bond acceptors (Lipinski definition) is 6. The molecule has 1 aromatic heterocycles. The third-order valence-electron chi connectivity index (χ3n) is 4.36. The van der Waals surface area contributed by atoms with Gasteiger partial charge in [0.05, 0.1) is 25.0 Å². The number of carbonyl (C=O) groups excluding carboxylic acids is 1. The van der Waals surface area contributed by atoms with Gasteiger partial charge in [-0.1, -0.05) is 0 Å². The zero-order valence-electron chi connectivity index (χ0n) is 14.7. The van der Waals surface area contributed by atoms with Crippen LogP contribution in [0, 0.1) is 5.92 Å². The summed E-state index contributed by atoms with van der Waals surface area (Å²) in [7, 11) is 1.61. The van der Waals surface area contributed by atoms with Crippen LogP contribution < -0.4 is 20.5 Å². The normalized spacial score (nSPS) is 15.9. The summed E-state index contributed by atoms with van der Waals surface area (Å²) in [5, 5.41) is 2.81. The number of ether oxygens (including phenoxy) is 3. The predicted molar refractivity (Wildman–Crippen MR) is 97.5 cm³/mol. The zero-order valence-corrected chi connectivity index (χ0v) is 14.7. The van der Waals surface area contributed by atoms with E-state index in [0.717, 1.165) is 18.6 Å². The first-order valence-corrected chi connectivity index (χ1v) is 8.58. The van der Waals surface area contributed by atoms with E-state index in [1.165, 1.54) is 0 Å². The minimum absolute atomic E-state index is 0.148. The Morgan fingerprint density at radius 3 is 2.50 bits per heavy atom. The number of nitrogens with two attached hydrogens (primary N) is 1. The fourth-order valence-electron chi connectivity index (χ4n) is 2.79. The largest absolute Gasteiger partial charge is 0.497 e. The van der Waals surface area contributed by atoms with Crippen molar-refractivity contribution < 1.29 is 19.0 Å². The highest BCUT2D eigenvalue weighted by atomic mass is 16.5. The van der Waals surface area contributed by atoms with E-state index in [-0.39, 0.29) is 11.8 Å². The fraction of sp³-hybridized carbons (Fsp3) is 0.368. The Balaban J connectivity index is 1.55. The van der Waals surface area contributed by atoms with Crippen molar-refractivity contribution in [2.24, 2.45) is 11.7 Å². The van der Waals surface area contributed by atoms with Gasteiger partial charge in [0.2, 0.25) is 11.8 Å². The number of anilines is 1. The van der Waals surface area contributed by atoms with Crippen LogP contribution in [-0.2, 0) is 9.53 Å². The maximum Gasteiger partial charge on any atom is 0.241 e. The molecular formula is C19H23N3O4. The highest BCUT2D eigenvalue weighted by molar-refractivity contribution is 5.94. The van der Waals surface area contributed by atoms with Crippen LogP contribution >= 0.6 is 0 Å². The van der Waals surface area contributed by atoms with Gasteiger partial charge in [0.15, 0.2) is 0 Å². The van der Waals surface area contributed by atoms with E-state index in [0.29, 0.717) is 30.5 Å². The second-order valence-corrected chi connectivity index (χ2v) is 6.13. The van der Waals surface area contributed by atoms with Gasteiger partial charge in [0.25, 0.3) is 0 Å². The summed E-state index contributed by atoms with van der Waals surface area (Å²) in [4.78, 5) is 16.5. The van der Waals surface area contributed by atoms with Crippen LogP contribution in [0.5, 0.6) is 17.4 Å². The average molecular weight is 357 g/mol. The van der Waals surface area contributed by atoms with Crippen LogP contribution in [0.3, 0.4) is 0 Å². The lowest BCUT2D eigenvalue weighted by Gasteiger charge is -2.26. The summed E-state index contributed by atoms with van der Waals surface area (Å²) < 4.78 is 16.1. The Morgan fingerprint density at radius 1 is 1.19 bits per heavy atom. The molecule has 2 heterocycles. The molecule has 0 saturated carbocycles. The molecule has 3 rings (SSSR count). The van der Waals surface area contributed by atoms with E-state index in [1.807, 2.05) is 12.1 Å². The van der Waals surface area contributed by atoms with Crippen molar-refractivity contribution >= 4 is 11.6 Å². The van der Waals surface area contributed by atoms with Crippen LogP contribution in [0.2, 0.25) is 0 Å². The van der Waals surface area contributed by atoms with E-state index >= 15 is 0 Å². The van der Waals surface area contributed by atoms with Crippen LogP contribution in [0.1, 0.15) is 12.8 Å². The van der Waals surface area contributed by atoms with Gasteiger partial charge >= 0.3 is 0 Å². The summed E-state index contributed by atoms with van der Waals surface area (Å²) in [6, 6.07) is 10.1. The molecule has 0 aliphatic carbocycles. The van der Waals surface area contributed by atoms with Gasteiger partial charge in [-0.05, 0) is 49.1 Å². The van der Waals surface area contributed by atoms with E-state index in [2.05, 4.69) is 10.3 Å². The Kier molecular flexibility index (Phi) is 6.04. The van der Waals surface area contributed by atoms with E-state index in [9.17, 15) is 4.79 Å². The lowest BCUT2D eigenvalue weighted by Crippen LogP contribution is -2.44. The third-order valence-corrected chi connectivity index (χ3v) is 4.36. The second-order valence-electron chi connectivity index (χ2n) is 6.13.